The molecule has 1 aliphatic rings. The second kappa shape index (κ2) is 5.92. The minimum absolute atomic E-state index is 0.493. The summed E-state index contributed by atoms with van der Waals surface area (Å²) in [6.45, 7) is 0. The summed E-state index contributed by atoms with van der Waals surface area (Å²) in [5.74, 6) is 0. The number of halogens is 2. The van der Waals surface area contributed by atoms with Gasteiger partial charge in [-0.05, 0) is 37.2 Å². The molecule has 0 amide bonds. The Morgan fingerprint density at radius 1 is 1.10 bits per heavy atom. The Balaban J connectivity index is 2.05. The third-order valence-corrected chi connectivity index (χ3v) is 5.02. The second-order valence-electron chi connectivity index (χ2n) is 5.27. The van der Waals surface area contributed by atoms with Gasteiger partial charge in [0.1, 0.15) is 0 Å². The van der Waals surface area contributed by atoms with E-state index >= 15 is 0 Å². The fourth-order valence-corrected chi connectivity index (χ4v) is 3.56. The Morgan fingerprint density at radius 2 is 1.85 bits per heavy atom. The summed E-state index contributed by atoms with van der Waals surface area (Å²) in [4.78, 5) is 3.17. The first-order valence-corrected chi connectivity index (χ1v) is 8.08. The van der Waals surface area contributed by atoms with Gasteiger partial charge in [0.05, 0.1) is 15.7 Å². The van der Waals surface area contributed by atoms with Gasteiger partial charge in [-0.3, -0.25) is 0 Å². The summed E-state index contributed by atoms with van der Waals surface area (Å²) in [5, 5.41) is 1.15. The van der Waals surface area contributed by atoms with Gasteiger partial charge in [0.15, 0.2) is 4.77 Å². The van der Waals surface area contributed by atoms with Crippen molar-refractivity contribution >= 4 is 35.4 Å². The first-order chi connectivity index (χ1) is 9.66. The van der Waals surface area contributed by atoms with Crippen molar-refractivity contribution in [1.82, 2.24) is 9.55 Å². The van der Waals surface area contributed by atoms with Crippen molar-refractivity contribution in [3.05, 3.63) is 39.2 Å². The molecule has 1 aromatic heterocycles. The number of aromatic nitrogens is 2. The molecule has 1 saturated carbocycles. The number of H-pyrrole nitrogens is 1. The van der Waals surface area contributed by atoms with Gasteiger partial charge in [-0.2, -0.15) is 0 Å². The highest BCUT2D eigenvalue weighted by Crippen LogP contribution is 2.34. The molecule has 0 unspecified atom stereocenters. The van der Waals surface area contributed by atoms with Crippen molar-refractivity contribution in [2.75, 3.05) is 0 Å². The Morgan fingerprint density at radius 3 is 2.55 bits per heavy atom. The van der Waals surface area contributed by atoms with Gasteiger partial charge in [-0.25, -0.2) is 0 Å². The standard InChI is InChI=1S/C15H16Cl2N2S/c16-12-7-6-10(8-13(12)17)14-9-18-15(20)19(14)11-4-2-1-3-5-11/h6-9,11H,1-5H2,(H,18,20). The summed E-state index contributed by atoms with van der Waals surface area (Å²) in [6.07, 6.45) is 8.24. The third kappa shape index (κ3) is 2.67. The fraction of sp³-hybridized carbons (Fsp3) is 0.400. The van der Waals surface area contributed by atoms with Gasteiger partial charge in [-0.15, -0.1) is 0 Å². The zero-order valence-electron chi connectivity index (χ0n) is 11.0. The molecule has 0 radical (unpaired) electrons. The van der Waals surface area contributed by atoms with E-state index in [1.54, 1.807) is 0 Å². The molecule has 20 heavy (non-hydrogen) atoms. The first-order valence-electron chi connectivity index (χ1n) is 6.92. The lowest BCUT2D eigenvalue weighted by atomic mass is 9.95. The van der Waals surface area contributed by atoms with Gasteiger partial charge in [0.25, 0.3) is 0 Å². The fourth-order valence-electron chi connectivity index (χ4n) is 2.96. The molecule has 106 valence electrons. The molecule has 2 nitrogen and oxygen atoms in total. The van der Waals surface area contributed by atoms with Crippen LogP contribution >= 0.6 is 35.4 Å². The molecule has 2 aromatic rings. The van der Waals surface area contributed by atoms with Crippen LogP contribution in [0.25, 0.3) is 11.3 Å². The highest BCUT2D eigenvalue weighted by atomic mass is 35.5. The van der Waals surface area contributed by atoms with Crippen LogP contribution in [-0.4, -0.2) is 9.55 Å². The average Bonchev–Trinajstić information content (AvgIpc) is 2.85. The first kappa shape index (κ1) is 14.2. The molecule has 0 saturated heterocycles. The molecule has 1 fully saturated rings. The molecule has 1 aliphatic carbocycles. The van der Waals surface area contributed by atoms with E-state index in [0.29, 0.717) is 16.1 Å². The highest BCUT2D eigenvalue weighted by Gasteiger charge is 2.19. The molecular formula is C15H16Cl2N2S. The lowest BCUT2D eigenvalue weighted by molar-refractivity contribution is 0.353. The SMILES string of the molecule is S=c1[nH]cc(-c2ccc(Cl)c(Cl)c2)n1C1CCCCC1. The van der Waals surface area contributed by atoms with Crippen molar-refractivity contribution in [3.8, 4) is 11.3 Å². The van der Waals surface area contributed by atoms with Crippen molar-refractivity contribution in [1.29, 1.82) is 0 Å². The van der Waals surface area contributed by atoms with Crippen LogP contribution in [0.3, 0.4) is 0 Å². The van der Waals surface area contributed by atoms with Crippen LogP contribution in [0.1, 0.15) is 38.1 Å². The van der Waals surface area contributed by atoms with E-state index in [-0.39, 0.29) is 0 Å². The van der Waals surface area contributed by atoms with E-state index in [4.69, 9.17) is 35.4 Å². The highest BCUT2D eigenvalue weighted by molar-refractivity contribution is 7.71. The number of hydrogen-bond donors (Lipinski definition) is 1. The molecule has 1 heterocycles. The van der Waals surface area contributed by atoms with E-state index in [2.05, 4.69) is 9.55 Å². The average molecular weight is 327 g/mol. The van der Waals surface area contributed by atoms with Crippen LogP contribution in [0, 0.1) is 4.77 Å². The summed E-state index contributed by atoms with van der Waals surface area (Å²) in [7, 11) is 0. The normalized spacial score (nSPS) is 16.5. The van der Waals surface area contributed by atoms with Crippen molar-refractivity contribution in [2.45, 2.75) is 38.1 Å². The van der Waals surface area contributed by atoms with Crippen molar-refractivity contribution in [2.24, 2.45) is 0 Å². The number of nitrogens with zero attached hydrogens (tertiary/aromatic N) is 1. The van der Waals surface area contributed by atoms with E-state index in [1.165, 1.54) is 32.1 Å². The maximum atomic E-state index is 6.13. The Kier molecular flexibility index (Phi) is 4.20. The second-order valence-corrected chi connectivity index (χ2v) is 6.47. The molecule has 0 atom stereocenters. The zero-order valence-corrected chi connectivity index (χ0v) is 13.4. The van der Waals surface area contributed by atoms with E-state index in [0.717, 1.165) is 16.0 Å². The molecule has 0 spiro atoms. The Hall–Kier alpha value is -0.770. The number of hydrogen-bond acceptors (Lipinski definition) is 1. The van der Waals surface area contributed by atoms with Crippen molar-refractivity contribution in [3.63, 3.8) is 0 Å². The number of imidazole rings is 1. The molecule has 0 bridgehead atoms. The van der Waals surface area contributed by atoms with Gasteiger partial charge in [0.2, 0.25) is 0 Å². The van der Waals surface area contributed by atoms with Crippen LogP contribution in [0.15, 0.2) is 24.4 Å². The van der Waals surface area contributed by atoms with Gasteiger partial charge in [0, 0.05) is 17.8 Å². The predicted molar refractivity (Wildman–Crippen MR) is 87.2 cm³/mol. The van der Waals surface area contributed by atoms with Gasteiger partial charge < -0.3 is 9.55 Å². The largest absolute Gasteiger partial charge is 0.337 e. The molecule has 1 N–H and O–H groups in total. The van der Waals surface area contributed by atoms with Crippen LogP contribution in [0.2, 0.25) is 10.0 Å². The maximum absolute atomic E-state index is 6.13. The number of nitrogens with one attached hydrogen (secondary N) is 1. The number of rotatable bonds is 2. The molecule has 0 aliphatic heterocycles. The smallest absolute Gasteiger partial charge is 0.177 e. The monoisotopic (exact) mass is 326 g/mol. The summed E-state index contributed by atoms with van der Waals surface area (Å²) < 4.78 is 3.03. The zero-order chi connectivity index (χ0) is 14.1. The third-order valence-electron chi connectivity index (χ3n) is 3.97. The molecule has 1 aromatic carbocycles. The van der Waals surface area contributed by atoms with E-state index in [9.17, 15) is 0 Å². The topological polar surface area (TPSA) is 20.7 Å². The maximum Gasteiger partial charge on any atom is 0.177 e. The summed E-state index contributed by atoms with van der Waals surface area (Å²) in [6, 6.07) is 6.22. The molecule has 3 rings (SSSR count). The van der Waals surface area contributed by atoms with E-state index < -0.39 is 0 Å². The lowest BCUT2D eigenvalue weighted by Gasteiger charge is -2.25. The van der Waals surface area contributed by atoms with Crippen LogP contribution < -0.4 is 0 Å². The minimum atomic E-state index is 0.493. The molecular weight excluding hydrogens is 311 g/mol. The lowest BCUT2D eigenvalue weighted by Crippen LogP contribution is -2.13. The Labute approximate surface area is 133 Å². The van der Waals surface area contributed by atoms with Crippen LogP contribution in [-0.2, 0) is 0 Å². The number of aromatic amines is 1. The van der Waals surface area contributed by atoms with E-state index in [1.807, 2.05) is 24.4 Å². The van der Waals surface area contributed by atoms with Gasteiger partial charge >= 0.3 is 0 Å². The van der Waals surface area contributed by atoms with Crippen molar-refractivity contribution < 1.29 is 0 Å². The summed E-state index contributed by atoms with van der Waals surface area (Å²) in [5.41, 5.74) is 2.15. The number of benzene rings is 1. The Bertz CT molecular complexity index is 669. The summed E-state index contributed by atoms with van der Waals surface area (Å²) >= 11 is 17.6. The van der Waals surface area contributed by atoms with Crippen LogP contribution in [0.5, 0.6) is 0 Å². The van der Waals surface area contributed by atoms with Gasteiger partial charge in [-0.1, -0.05) is 48.5 Å². The quantitative estimate of drug-likeness (QED) is 0.668. The predicted octanol–water partition coefficient (Wildman–Crippen LogP) is 6.02. The van der Waals surface area contributed by atoms with Crippen LogP contribution in [0.4, 0.5) is 0 Å². The molecule has 5 heteroatoms. The minimum Gasteiger partial charge on any atom is -0.337 e.